The van der Waals surface area contributed by atoms with Gasteiger partial charge in [-0.2, -0.15) is 0 Å². The zero-order valence-corrected chi connectivity index (χ0v) is 10.2. The van der Waals surface area contributed by atoms with E-state index in [0.717, 1.165) is 19.3 Å². The van der Waals surface area contributed by atoms with Gasteiger partial charge >= 0.3 is 0 Å². The van der Waals surface area contributed by atoms with Crippen molar-refractivity contribution in [2.45, 2.75) is 45.1 Å². The van der Waals surface area contributed by atoms with Crippen LogP contribution in [0.2, 0.25) is 0 Å². The van der Waals surface area contributed by atoms with Gasteiger partial charge in [-0.15, -0.1) is 0 Å². The van der Waals surface area contributed by atoms with E-state index in [0.29, 0.717) is 19.1 Å². The van der Waals surface area contributed by atoms with Gasteiger partial charge in [0.1, 0.15) is 0 Å². The van der Waals surface area contributed by atoms with Gasteiger partial charge in [-0.3, -0.25) is 4.79 Å². The van der Waals surface area contributed by atoms with Crippen LogP contribution in [0.25, 0.3) is 0 Å². The summed E-state index contributed by atoms with van der Waals surface area (Å²) in [5, 5.41) is 9.04. The first kappa shape index (κ1) is 13.5. The molecule has 94 valence electrons. The molecular weight excluding hydrogens is 204 g/mol. The zero-order valence-electron chi connectivity index (χ0n) is 10.2. The van der Waals surface area contributed by atoms with Crippen molar-refractivity contribution in [3.8, 4) is 0 Å². The Balaban J connectivity index is 2.56. The van der Waals surface area contributed by atoms with Gasteiger partial charge in [0.25, 0.3) is 0 Å². The van der Waals surface area contributed by atoms with Crippen molar-refractivity contribution in [3.05, 3.63) is 0 Å². The van der Waals surface area contributed by atoms with E-state index in [1.165, 1.54) is 12.8 Å². The summed E-state index contributed by atoms with van der Waals surface area (Å²) in [4.78, 5) is 14.0. The Morgan fingerprint density at radius 2 is 2.12 bits per heavy atom. The highest BCUT2D eigenvalue weighted by Gasteiger charge is 2.28. The first-order valence-electron chi connectivity index (χ1n) is 6.32. The van der Waals surface area contributed by atoms with Crippen LogP contribution >= 0.6 is 0 Å². The molecule has 0 aliphatic heterocycles. The number of amides is 1. The highest BCUT2D eigenvalue weighted by Crippen LogP contribution is 2.24. The number of nitrogens with zero attached hydrogens (tertiary/aromatic N) is 1. The summed E-state index contributed by atoms with van der Waals surface area (Å²) in [5.41, 5.74) is 5.47. The number of aliphatic hydroxyl groups is 1. The predicted molar refractivity (Wildman–Crippen MR) is 63.9 cm³/mol. The monoisotopic (exact) mass is 228 g/mol. The average Bonchev–Trinajstić information content (AvgIpc) is 2.78. The largest absolute Gasteiger partial charge is 0.395 e. The third kappa shape index (κ3) is 3.46. The maximum Gasteiger partial charge on any atom is 0.225 e. The van der Waals surface area contributed by atoms with E-state index in [9.17, 15) is 4.79 Å². The van der Waals surface area contributed by atoms with E-state index < -0.39 is 0 Å². The summed E-state index contributed by atoms with van der Waals surface area (Å²) in [6, 6.07) is 0.347. The number of hydrogen-bond donors (Lipinski definition) is 2. The molecule has 0 bridgehead atoms. The van der Waals surface area contributed by atoms with Crippen LogP contribution in [0.15, 0.2) is 0 Å². The van der Waals surface area contributed by atoms with Crippen LogP contribution in [0.4, 0.5) is 0 Å². The molecule has 1 rings (SSSR count). The minimum Gasteiger partial charge on any atom is -0.395 e. The Morgan fingerprint density at radius 1 is 1.50 bits per heavy atom. The van der Waals surface area contributed by atoms with Crippen LogP contribution in [-0.2, 0) is 4.79 Å². The molecule has 3 N–H and O–H groups in total. The lowest BCUT2D eigenvalue weighted by Crippen LogP contribution is -2.43. The topological polar surface area (TPSA) is 66.6 Å². The van der Waals surface area contributed by atoms with Gasteiger partial charge in [0.2, 0.25) is 5.91 Å². The fourth-order valence-corrected chi connectivity index (χ4v) is 2.45. The molecule has 1 amide bonds. The second-order valence-corrected chi connectivity index (χ2v) is 4.67. The number of carbonyl (C=O) groups excluding carboxylic acids is 1. The molecule has 1 fully saturated rings. The van der Waals surface area contributed by atoms with Crippen molar-refractivity contribution in [1.82, 2.24) is 4.90 Å². The van der Waals surface area contributed by atoms with Gasteiger partial charge in [0, 0.05) is 18.5 Å². The fraction of sp³-hybridized carbons (Fsp3) is 0.917. The lowest BCUT2D eigenvalue weighted by atomic mass is 10.0. The Bertz CT molecular complexity index is 215. The maximum absolute atomic E-state index is 12.2. The number of carbonyl (C=O) groups is 1. The lowest BCUT2D eigenvalue weighted by Gasteiger charge is -2.30. The van der Waals surface area contributed by atoms with Crippen molar-refractivity contribution in [2.75, 3.05) is 19.7 Å². The first-order valence-corrected chi connectivity index (χ1v) is 6.32. The number of rotatable bonds is 6. The highest BCUT2D eigenvalue weighted by molar-refractivity contribution is 5.78. The molecule has 1 aliphatic rings. The molecule has 1 aliphatic carbocycles. The highest BCUT2D eigenvalue weighted by atomic mass is 16.3. The normalized spacial score (nSPS) is 18.7. The van der Waals surface area contributed by atoms with Crippen LogP contribution in [0.5, 0.6) is 0 Å². The quantitative estimate of drug-likeness (QED) is 0.704. The van der Waals surface area contributed by atoms with E-state index >= 15 is 0 Å². The minimum absolute atomic E-state index is 0.0165. The lowest BCUT2D eigenvalue weighted by molar-refractivity contribution is -0.138. The smallest absolute Gasteiger partial charge is 0.225 e. The van der Waals surface area contributed by atoms with Crippen molar-refractivity contribution < 1.29 is 9.90 Å². The van der Waals surface area contributed by atoms with Gasteiger partial charge in [-0.25, -0.2) is 0 Å². The van der Waals surface area contributed by atoms with Crippen molar-refractivity contribution >= 4 is 5.91 Å². The number of nitrogens with two attached hydrogens (primary N) is 1. The standard InChI is InChI=1S/C12H24N2O2/c1-10(6-7-13)12(16)14(8-9-15)11-4-2-3-5-11/h10-11,15H,2-9,13H2,1H3. The first-order chi connectivity index (χ1) is 7.70. The molecule has 0 radical (unpaired) electrons. The number of hydrogen-bond acceptors (Lipinski definition) is 3. The molecule has 0 aromatic rings. The summed E-state index contributed by atoms with van der Waals surface area (Å²) in [5.74, 6) is 0.142. The molecule has 0 heterocycles. The third-order valence-electron chi connectivity index (χ3n) is 3.41. The van der Waals surface area contributed by atoms with Crippen LogP contribution in [-0.4, -0.2) is 41.7 Å². The van der Waals surface area contributed by atoms with E-state index in [1.807, 2.05) is 11.8 Å². The molecular formula is C12H24N2O2. The summed E-state index contributed by atoms with van der Waals surface area (Å²) in [6.45, 7) is 3.00. The van der Waals surface area contributed by atoms with Crippen molar-refractivity contribution in [3.63, 3.8) is 0 Å². The Labute approximate surface area is 97.8 Å². The molecule has 4 heteroatoms. The molecule has 0 aromatic heterocycles. The summed E-state index contributed by atoms with van der Waals surface area (Å²) in [6.07, 6.45) is 5.30. The maximum atomic E-state index is 12.2. The molecule has 1 saturated carbocycles. The predicted octanol–water partition coefficient (Wildman–Crippen LogP) is 0.735. The number of aliphatic hydroxyl groups excluding tert-OH is 1. The van der Waals surface area contributed by atoms with E-state index in [-0.39, 0.29) is 18.4 Å². The van der Waals surface area contributed by atoms with Crippen molar-refractivity contribution in [1.29, 1.82) is 0 Å². The molecule has 1 atom stereocenters. The second-order valence-electron chi connectivity index (χ2n) is 4.67. The van der Waals surface area contributed by atoms with Crippen LogP contribution in [0.3, 0.4) is 0 Å². The molecule has 0 spiro atoms. The zero-order chi connectivity index (χ0) is 12.0. The van der Waals surface area contributed by atoms with Crippen LogP contribution in [0.1, 0.15) is 39.0 Å². The van der Waals surface area contributed by atoms with Gasteiger partial charge in [0.05, 0.1) is 6.61 Å². The summed E-state index contributed by atoms with van der Waals surface area (Å²) >= 11 is 0. The molecule has 4 nitrogen and oxygen atoms in total. The fourth-order valence-electron chi connectivity index (χ4n) is 2.45. The van der Waals surface area contributed by atoms with E-state index in [2.05, 4.69) is 0 Å². The molecule has 16 heavy (non-hydrogen) atoms. The van der Waals surface area contributed by atoms with E-state index in [1.54, 1.807) is 0 Å². The second kappa shape index (κ2) is 6.86. The molecule has 0 aromatic carbocycles. The Morgan fingerprint density at radius 3 is 2.62 bits per heavy atom. The Kier molecular flexibility index (Phi) is 5.77. The van der Waals surface area contributed by atoms with Gasteiger partial charge in [-0.05, 0) is 25.8 Å². The molecule has 0 saturated heterocycles. The Hall–Kier alpha value is -0.610. The van der Waals surface area contributed by atoms with Crippen LogP contribution < -0.4 is 5.73 Å². The van der Waals surface area contributed by atoms with E-state index in [4.69, 9.17) is 10.8 Å². The van der Waals surface area contributed by atoms with Gasteiger partial charge in [-0.1, -0.05) is 19.8 Å². The van der Waals surface area contributed by atoms with Gasteiger partial charge < -0.3 is 15.7 Å². The minimum atomic E-state index is -0.0165. The van der Waals surface area contributed by atoms with Crippen LogP contribution in [0, 0.1) is 5.92 Å². The summed E-state index contributed by atoms with van der Waals surface area (Å²) < 4.78 is 0. The molecule has 1 unspecified atom stereocenters. The SMILES string of the molecule is CC(CCN)C(=O)N(CCO)C1CCCC1. The van der Waals surface area contributed by atoms with Crippen molar-refractivity contribution in [2.24, 2.45) is 11.7 Å². The van der Waals surface area contributed by atoms with Gasteiger partial charge in [0.15, 0.2) is 0 Å². The summed E-state index contributed by atoms with van der Waals surface area (Å²) in [7, 11) is 0. The third-order valence-corrected chi connectivity index (χ3v) is 3.41. The average molecular weight is 228 g/mol.